The topological polar surface area (TPSA) is 83.0 Å². The van der Waals surface area contributed by atoms with E-state index in [1.54, 1.807) is 11.0 Å². The predicted octanol–water partition coefficient (Wildman–Crippen LogP) is 1.40. The van der Waals surface area contributed by atoms with Gasteiger partial charge in [0.25, 0.3) is 5.91 Å². The summed E-state index contributed by atoms with van der Waals surface area (Å²) < 4.78 is 1.93. The van der Waals surface area contributed by atoms with Gasteiger partial charge >= 0.3 is 0 Å². The molecule has 128 valence electrons. The van der Waals surface area contributed by atoms with Crippen molar-refractivity contribution in [2.75, 3.05) is 13.1 Å². The molecule has 0 aliphatic carbocycles. The normalized spacial score (nSPS) is 18.1. The molecule has 0 unspecified atom stereocenters. The Hall–Kier alpha value is -2.57. The lowest BCUT2D eigenvalue weighted by molar-refractivity contribution is -0.128. The van der Waals surface area contributed by atoms with Crippen LogP contribution in [0.15, 0.2) is 24.5 Å². The van der Waals surface area contributed by atoms with E-state index in [0.717, 1.165) is 11.3 Å². The number of aromatic amines is 1. The Labute approximate surface area is 141 Å². The third-order valence-corrected chi connectivity index (χ3v) is 4.22. The molecular formula is C17H23N5O2. The van der Waals surface area contributed by atoms with Crippen LogP contribution in [-0.2, 0) is 11.8 Å². The highest BCUT2D eigenvalue weighted by atomic mass is 16.2. The fraction of sp³-hybridized carbons (Fsp3) is 0.471. The summed E-state index contributed by atoms with van der Waals surface area (Å²) in [6.45, 7) is 5.10. The standard InChI is InChI=1S/C17H23N5O2/c1-11(2)8-15-16(23)18-5-7-22(15)17(24)14-9-13(19-20-14)12-4-6-21(3)10-12/h4,6,9-11,15H,5,7-8H2,1-3H3,(H,18,23)(H,19,20)/t15-/m1/s1. The van der Waals surface area contributed by atoms with Crippen LogP contribution < -0.4 is 5.32 Å². The Morgan fingerprint density at radius 1 is 1.46 bits per heavy atom. The second-order valence-corrected chi connectivity index (χ2v) is 6.67. The van der Waals surface area contributed by atoms with Gasteiger partial charge in [-0.05, 0) is 24.5 Å². The zero-order valence-electron chi connectivity index (χ0n) is 14.2. The molecule has 1 atom stereocenters. The first-order valence-electron chi connectivity index (χ1n) is 8.22. The molecule has 0 aromatic carbocycles. The molecule has 0 spiro atoms. The van der Waals surface area contributed by atoms with E-state index in [4.69, 9.17) is 0 Å². The predicted molar refractivity (Wildman–Crippen MR) is 90.3 cm³/mol. The van der Waals surface area contributed by atoms with Crippen molar-refractivity contribution < 1.29 is 9.59 Å². The van der Waals surface area contributed by atoms with Gasteiger partial charge in [0.1, 0.15) is 11.7 Å². The number of carbonyl (C=O) groups is 2. The molecule has 3 rings (SSSR count). The minimum Gasteiger partial charge on any atom is -0.357 e. The molecule has 1 aliphatic rings. The second kappa shape index (κ2) is 6.51. The maximum Gasteiger partial charge on any atom is 0.272 e. The van der Waals surface area contributed by atoms with E-state index in [1.807, 2.05) is 43.9 Å². The van der Waals surface area contributed by atoms with E-state index in [2.05, 4.69) is 15.5 Å². The number of H-pyrrole nitrogens is 1. The lowest BCUT2D eigenvalue weighted by atomic mass is 9.99. The molecule has 2 aromatic rings. The summed E-state index contributed by atoms with van der Waals surface area (Å²) in [5.74, 6) is 0.0760. The van der Waals surface area contributed by atoms with E-state index in [-0.39, 0.29) is 11.8 Å². The molecular weight excluding hydrogens is 306 g/mol. The lowest BCUT2D eigenvalue weighted by Crippen LogP contribution is -2.57. The number of nitrogens with one attached hydrogen (secondary N) is 2. The van der Waals surface area contributed by atoms with Gasteiger partial charge in [0.05, 0.1) is 5.69 Å². The largest absolute Gasteiger partial charge is 0.357 e. The van der Waals surface area contributed by atoms with Gasteiger partial charge in [0.2, 0.25) is 5.91 Å². The Balaban J connectivity index is 1.82. The molecule has 24 heavy (non-hydrogen) atoms. The van der Waals surface area contributed by atoms with Crippen LogP contribution in [0, 0.1) is 5.92 Å². The number of hydrogen-bond donors (Lipinski definition) is 2. The van der Waals surface area contributed by atoms with Crippen LogP contribution in [-0.4, -0.2) is 50.6 Å². The van der Waals surface area contributed by atoms with Crippen LogP contribution >= 0.6 is 0 Å². The molecule has 2 N–H and O–H groups in total. The number of nitrogens with zero attached hydrogens (tertiary/aromatic N) is 3. The molecule has 7 heteroatoms. The SMILES string of the molecule is CC(C)C[C@@H]1C(=O)NCCN1C(=O)c1cc(-c2ccn(C)c2)n[nH]1. The van der Waals surface area contributed by atoms with Crippen molar-refractivity contribution in [2.24, 2.45) is 13.0 Å². The van der Waals surface area contributed by atoms with E-state index in [9.17, 15) is 9.59 Å². The van der Waals surface area contributed by atoms with Crippen LogP contribution in [0.5, 0.6) is 0 Å². The number of rotatable bonds is 4. The minimum atomic E-state index is -0.422. The van der Waals surface area contributed by atoms with E-state index >= 15 is 0 Å². The number of amides is 2. The van der Waals surface area contributed by atoms with Crippen molar-refractivity contribution in [1.29, 1.82) is 0 Å². The van der Waals surface area contributed by atoms with Crippen molar-refractivity contribution in [1.82, 2.24) is 25.0 Å². The average Bonchev–Trinajstić information content (AvgIpc) is 3.17. The van der Waals surface area contributed by atoms with Gasteiger partial charge in [0, 0.05) is 38.1 Å². The van der Waals surface area contributed by atoms with Gasteiger partial charge in [-0.15, -0.1) is 0 Å². The van der Waals surface area contributed by atoms with Gasteiger partial charge in [-0.2, -0.15) is 5.10 Å². The van der Waals surface area contributed by atoms with Crippen molar-refractivity contribution >= 4 is 11.8 Å². The monoisotopic (exact) mass is 329 g/mol. The number of piperazine rings is 1. The Morgan fingerprint density at radius 2 is 2.25 bits per heavy atom. The first-order chi connectivity index (χ1) is 11.5. The number of hydrogen-bond acceptors (Lipinski definition) is 3. The molecule has 0 radical (unpaired) electrons. The van der Waals surface area contributed by atoms with Gasteiger partial charge in [-0.1, -0.05) is 13.8 Å². The fourth-order valence-electron chi connectivity index (χ4n) is 3.03. The van der Waals surface area contributed by atoms with Crippen molar-refractivity contribution in [2.45, 2.75) is 26.3 Å². The molecule has 1 aliphatic heterocycles. The Morgan fingerprint density at radius 3 is 2.92 bits per heavy atom. The maximum absolute atomic E-state index is 12.9. The smallest absolute Gasteiger partial charge is 0.272 e. The Bertz CT molecular complexity index is 746. The quantitative estimate of drug-likeness (QED) is 0.889. The van der Waals surface area contributed by atoms with Crippen molar-refractivity contribution in [3.05, 3.63) is 30.2 Å². The number of carbonyl (C=O) groups excluding carboxylic acids is 2. The molecule has 3 heterocycles. The van der Waals surface area contributed by atoms with Crippen LogP contribution in [0.1, 0.15) is 30.8 Å². The zero-order chi connectivity index (χ0) is 17.3. The van der Waals surface area contributed by atoms with Crippen LogP contribution in [0.4, 0.5) is 0 Å². The second-order valence-electron chi connectivity index (χ2n) is 6.67. The van der Waals surface area contributed by atoms with E-state index in [1.165, 1.54) is 0 Å². The van der Waals surface area contributed by atoms with E-state index in [0.29, 0.717) is 31.1 Å². The van der Waals surface area contributed by atoms with Crippen LogP contribution in [0.25, 0.3) is 11.3 Å². The fourth-order valence-corrected chi connectivity index (χ4v) is 3.03. The summed E-state index contributed by atoms with van der Waals surface area (Å²) in [5, 5.41) is 9.90. The average molecular weight is 329 g/mol. The van der Waals surface area contributed by atoms with Crippen LogP contribution in [0.3, 0.4) is 0 Å². The summed E-state index contributed by atoms with van der Waals surface area (Å²) in [6, 6.07) is 3.27. The summed E-state index contributed by atoms with van der Waals surface area (Å²) >= 11 is 0. The van der Waals surface area contributed by atoms with E-state index < -0.39 is 6.04 Å². The summed E-state index contributed by atoms with van der Waals surface area (Å²) in [6.07, 6.45) is 4.52. The summed E-state index contributed by atoms with van der Waals surface area (Å²) in [5.41, 5.74) is 2.08. The molecule has 0 bridgehead atoms. The number of aromatic nitrogens is 3. The van der Waals surface area contributed by atoms with Crippen molar-refractivity contribution in [3.63, 3.8) is 0 Å². The van der Waals surface area contributed by atoms with Gasteiger partial charge < -0.3 is 14.8 Å². The summed E-state index contributed by atoms with van der Waals surface area (Å²) in [7, 11) is 1.94. The maximum atomic E-state index is 12.9. The third kappa shape index (κ3) is 3.20. The molecule has 2 amide bonds. The zero-order valence-corrected chi connectivity index (χ0v) is 14.2. The molecule has 7 nitrogen and oxygen atoms in total. The third-order valence-electron chi connectivity index (χ3n) is 4.22. The molecule has 1 fully saturated rings. The summed E-state index contributed by atoms with van der Waals surface area (Å²) in [4.78, 5) is 26.7. The first-order valence-corrected chi connectivity index (χ1v) is 8.22. The molecule has 2 aromatic heterocycles. The van der Waals surface area contributed by atoms with Gasteiger partial charge in [-0.3, -0.25) is 14.7 Å². The highest BCUT2D eigenvalue weighted by molar-refractivity contribution is 5.97. The molecule has 0 saturated carbocycles. The minimum absolute atomic E-state index is 0.0777. The number of aryl methyl sites for hydroxylation is 1. The highest BCUT2D eigenvalue weighted by Crippen LogP contribution is 2.21. The van der Waals surface area contributed by atoms with Crippen molar-refractivity contribution in [3.8, 4) is 11.3 Å². The van der Waals surface area contributed by atoms with Gasteiger partial charge in [0.15, 0.2) is 0 Å². The van der Waals surface area contributed by atoms with Crippen LogP contribution in [0.2, 0.25) is 0 Å². The molecule has 1 saturated heterocycles. The Kier molecular flexibility index (Phi) is 4.42. The lowest BCUT2D eigenvalue weighted by Gasteiger charge is -2.35. The first kappa shape index (κ1) is 16.3. The van der Waals surface area contributed by atoms with Gasteiger partial charge in [-0.25, -0.2) is 0 Å². The highest BCUT2D eigenvalue weighted by Gasteiger charge is 2.34.